The van der Waals surface area contributed by atoms with Gasteiger partial charge < -0.3 is 0 Å². The van der Waals surface area contributed by atoms with Crippen LogP contribution in [0.5, 0.6) is 0 Å². The van der Waals surface area contributed by atoms with Gasteiger partial charge in [-0.1, -0.05) is 11.3 Å². The third-order valence-corrected chi connectivity index (χ3v) is 5.15. The van der Waals surface area contributed by atoms with E-state index in [2.05, 4.69) is 10.2 Å². The first-order valence-electron chi connectivity index (χ1n) is 5.34. The van der Waals surface area contributed by atoms with Crippen LogP contribution < -0.4 is 0 Å². The van der Waals surface area contributed by atoms with Crippen molar-refractivity contribution in [1.82, 2.24) is 15.1 Å². The molecule has 0 saturated carbocycles. The lowest BCUT2D eigenvalue weighted by atomic mass is 10.1. The average molecular weight is 279 g/mol. The molecular formula is C9H14FN3O2S2. The number of hydrogen-bond acceptors (Lipinski definition) is 6. The van der Waals surface area contributed by atoms with E-state index >= 15 is 0 Å². The molecule has 1 atom stereocenters. The van der Waals surface area contributed by atoms with Crippen molar-refractivity contribution in [3.63, 3.8) is 0 Å². The zero-order valence-corrected chi connectivity index (χ0v) is 11.1. The normalized spacial score (nSPS) is 22.8. The summed E-state index contributed by atoms with van der Waals surface area (Å²) in [7, 11) is -3.28. The third-order valence-electron chi connectivity index (χ3n) is 2.57. The highest BCUT2D eigenvalue weighted by Crippen LogP contribution is 2.19. The van der Waals surface area contributed by atoms with E-state index in [1.807, 2.05) is 4.90 Å². The number of hydrogen-bond donors (Lipinski definition) is 0. The second-order valence-corrected chi connectivity index (χ2v) is 7.46. The molecule has 0 amide bonds. The van der Waals surface area contributed by atoms with Gasteiger partial charge in [0.1, 0.15) is 11.2 Å². The number of halogens is 1. The van der Waals surface area contributed by atoms with Crippen LogP contribution in [-0.2, 0) is 16.4 Å². The van der Waals surface area contributed by atoms with Gasteiger partial charge in [-0.2, -0.15) is 0 Å². The third kappa shape index (κ3) is 3.43. The summed E-state index contributed by atoms with van der Waals surface area (Å²) in [5.74, 6) is 0. The van der Waals surface area contributed by atoms with Crippen molar-refractivity contribution in [2.75, 3.05) is 19.3 Å². The van der Waals surface area contributed by atoms with Crippen molar-refractivity contribution in [2.45, 2.75) is 29.9 Å². The molecule has 1 aliphatic heterocycles. The van der Waals surface area contributed by atoms with Crippen LogP contribution >= 0.6 is 11.3 Å². The standard InChI is InChI=1S/C9H14FN3O2S2/c1-17(14,15)9-12-11-8(16-9)6-13-4-2-3-7(10)5-13/h7H,2-6H2,1H3. The summed E-state index contributed by atoms with van der Waals surface area (Å²) in [6.07, 6.45) is 1.77. The molecule has 17 heavy (non-hydrogen) atoms. The summed E-state index contributed by atoms with van der Waals surface area (Å²) >= 11 is 1.06. The quantitative estimate of drug-likeness (QED) is 0.821. The van der Waals surface area contributed by atoms with Crippen LogP contribution in [-0.4, -0.2) is 49.0 Å². The number of sulfone groups is 1. The molecule has 1 saturated heterocycles. The Balaban J connectivity index is 2.02. The molecule has 5 nitrogen and oxygen atoms in total. The SMILES string of the molecule is CS(=O)(=O)c1nnc(CN2CCCC(F)C2)s1. The highest BCUT2D eigenvalue weighted by Gasteiger charge is 2.21. The molecule has 2 heterocycles. The Morgan fingerprint density at radius 2 is 2.29 bits per heavy atom. The molecule has 96 valence electrons. The van der Waals surface area contributed by atoms with Gasteiger partial charge >= 0.3 is 0 Å². The largest absolute Gasteiger partial charge is 0.294 e. The van der Waals surface area contributed by atoms with E-state index < -0.39 is 16.0 Å². The molecule has 2 rings (SSSR count). The minimum atomic E-state index is -3.28. The molecule has 8 heteroatoms. The van der Waals surface area contributed by atoms with Crippen molar-refractivity contribution in [3.05, 3.63) is 5.01 Å². The molecule has 1 unspecified atom stereocenters. The first-order valence-corrected chi connectivity index (χ1v) is 8.05. The highest BCUT2D eigenvalue weighted by atomic mass is 32.2. The van der Waals surface area contributed by atoms with Gasteiger partial charge in [0.05, 0.1) is 6.54 Å². The second kappa shape index (κ2) is 4.95. The average Bonchev–Trinajstić information content (AvgIpc) is 2.65. The predicted octanol–water partition coefficient (Wildman–Crippen LogP) is 0.875. The summed E-state index contributed by atoms with van der Waals surface area (Å²) in [6.45, 7) is 1.70. The van der Waals surface area contributed by atoms with Crippen molar-refractivity contribution < 1.29 is 12.8 Å². The number of rotatable bonds is 3. The van der Waals surface area contributed by atoms with Gasteiger partial charge in [0.15, 0.2) is 0 Å². The van der Waals surface area contributed by atoms with Gasteiger partial charge in [-0.05, 0) is 19.4 Å². The first-order chi connectivity index (χ1) is 7.95. The Hall–Kier alpha value is -0.600. The van der Waals surface area contributed by atoms with Crippen LogP contribution in [0.4, 0.5) is 4.39 Å². The fourth-order valence-corrected chi connectivity index (χ4v) is 3.48. The Morgan fingerprint density at radius 3 is 2.88 bits per heavy atom. The molecule has 0 aromatic carbocycles. The van der Waals surface area contributed by atoms with Crippen LogP contribution in [0, 0.1) is 0 Å². The lowest BCUT2D eigenvalue weighted by Gasteiger charge is -2.27. The van der Waals surface area contributed by atoms with Gasteiger partial charge in [0.25, 0.3) is 0 Å². The molecular weight excluding hydrogens is 265 g/mol. The van der Waals surface area contributed by atoms with E-state index in [1.54, 1.807) is 0 Å². The fraction of sp³-hybridized carbons (Fsp3) is 0.778. The molecule has 1 aliphatic rings. The van der Waals surface area contributed by atoms with Crippen LogP contribution in [0.3, 0.4) is 0 Å². The topological polar surface area (TPSA) is 63.2 Å². The highest BCUT2D eigenvalue weighted by molar-refractivity contribution is 7.92. The monoisotopic (exact) mass is 279 g/mol. The summed E-state index contributed by atoms with van der Waals surface area (Å²) < 4.78 is 35.6. The predicted molar refractivity (Wildman–Crippen MR) is 62.4 cm³/mol. The maximum atomic E-state index is 13.2. The Kier molecular flexibility index (Phi) is 3.74. The molecule has 1 aromatic heterocycles. The van der Waals surface area contributed by atoms with E-state index in [4.69, 9.17) is 0 Å². The van der Waals surface area contributed by atoms with E-state index in [1.165, 1.54) is 0 Å². The van der Waals surface area contributed by atoms with Gasteiger partial charge in [0.2, 0.25) is 14.2 Å². The number of aromatic nitrogens is 2. The minimum absolute atomic E-state index is 0.0290. The van der Waals surface area contributed by atoms with Gasteiger partial charge in [-0.25, -0.2) is 12.8 Å². The van der Waals surface area contributed by atoms with Crippen molar-refractivity contribution in [2.24, 2.45) is 0 Å². The number of piperidine rings is 1. The van der Waals surface area contributed by atoms with Crippen LogP contribution in [0.15, 0.2) is 4.34 Å². The summed E-state index contributed by atoms with van der Waals surface area (Å²) in [6, 6.07) is 0. The lowest BCUT2D eigenvalue weighted by molar-refractivity contribution is 0.132. The molecule has 0 bridgehead atoms. The maximum Gasteiger partial charge on any atom is 0.232 e. The van der Waals surface area contributed by atoms with Crippen LogP contribution in [0.25, 0.3) is 0 Å². The second-order valence-electron chi connectivity index (χ2n) is 4.21. The van der Waals surface area contributed by atoms with Crippen molar-refractivity contribution >= 4 is 21.2 Å². The fourth-order valence-electron chi connectivity index (χ4n) is 1.79. The van der Waals surface area contributed by atoms with Crippen molar-refractivity contribution in [1.29, 1.82) is 0 Å². The Morgan fingerprint density at radius 1 is 1.53 bits per heavy atom. The molecule has 1 aromatic rings. The first kappa shape index (κ1) is 12.8. The smallest absolute Gasteiger partial charge is 0.232 e. The minimum Gasteiger partial charge on any atom is -0.294 e. The van der Waals surface area contributed by atoms with Crippen LogP contribution in [0.2, 0.25) is 0 Å². The number of likely N-dealkylation sites (tertiary alicyclic amines) is 1. The molecule has 0 aliphatic carbocycles. The summed E-state index contributed by atoms with van der Waals surface area (Å²) in [5.41, 5.74) is 0. The zero-order valence-electron chi connectivity index (χ0n) is 9.47. The van der Waals surface area contributed by atoms with E-state index in [0.29, 0.717) is 24.5 Å². The molecule has 1 fully saturated rings. The number of nitrogens with zero attached hydrogens (tertiary/aromatic N) is 3. The molecule has 0 N–H and O–H groups in total. The van der Waals surface area contributed by atoms with Crippen molar-refractivity contribution in [3.8, 4) is 0 Å². The summed E-state index contributed by atoms with van der Waals surface area (Å²) in [5, 5.41) is 8.08. The lowest BCUT2D eigenvalue weighted by Crippen LogP contribution is -2.35. The van der Waals surface area contributed by atoms with E-state index in [9.17, 15) is 12.8 Å². The van der Waals surface area contributed by atoms with Gasteiger partial charge in [-0.3, -0.25) is 4.90 Å². The molecule has 0 spiro atoms. The van der Waals surface area contributed by atoms with Crippen LogP contribution in [0.1, 0.15) is 17.8 Å². The van der Waals surface area contributed by atoms with Gasteiger partial charge in [0, 0.05) is 12.8 Å². The molecule has 0 radical (unpaired) electrons. The van der Waals surface area contributed by atoms with E-state index in [-0.39, 0.29) is 4.34 Å². The maximum absolute atomic E-state index is 13.2. The Bertz CT molecular complexity index is 488. The zero-order chi connectivity index (χ0) is 12.5. The summed E-state index contributed by atoms with van der Waals surface area (Å²) in [4.78, 5) is 1.95. The van der Waals surface area contributed by atoms with Gasteiger partial charge in [-0.15, -0.1) is 10.2 Å². The van der Waals surface area contributed by atoms with E-state index in [0.717, 1.165) is 30.6 Å². The number of alkyl halides is 1. The Labute approximate surface area is 104 Å².